The third-order valence-corrected chi connectivity index (χ3v) is 5.03. The second-order valence-electron chi connectivity index (χ2n) is 5.45. The van der Waals surface area contributed by atoms with Gasteiger partial charge in [-0.1, -0.05) is 27.7 Å². The smallest absolute Gasteiger partial charge is 0.134 e. The van der Waals surface area contributed by atoms with Crippen molar-refractivity contribution in [2.45, 2.75) is 52.2 Å². The molecule has 0 aliphatic heterocycles. The maximum absolute atomic E-state index is 11.4. The Labute approximate surface area is 92.0 Å². The molecule has 1 saturated carbocycles. The van der Waals surface area contributed by atoms with Crippen LogP contribution in [-0.4, -0.2) is 16.8 Å². The van der Waals surface area contributed by atoms with Gasteiger partial charge in [-0.2, -0.15) is 11.8 Å². The van der Waals surface area contributed by atoms with Gasteiger partial charge < -0.3 is 0 Å². The maximum Gasteiger partial charge on any atom is 0.134 e. The highest BCUT2D eigenvalue weighted by atomic mass is 32.2. The summed E-state index contributed by atoms with van der Waals surface area (Å²) in [5.74, 6) is 2.37. The van der Waals surface area contributed by atoms with Gasteiger partial charge in [-0.05, 0) is 23.5 Å². The van der Waals surface area contributed by atoms with Gasteiger partial charge in [-0.3, -0.25) is 4.79 Å². The van der Waals surface area contributed by atoms with Crippen LogP contribution in [0.2, 0.25) is 0 Å². The van der Waals surface area contributed by atoms with E-state index in [4.69, 9.17) is 0 Å². The highest BCUT2D eigenvalue weighted by molar-refractivity contribution is 8.00. The second-order valence-corrected chi connectivity index (χ2v) is 6.68. The van der Waals surface area contributed by atoms with Gasteiger partial charge in [-0.25, -0.2) is 0 Å². The molecule has 0 saturated heterocycles. The lowest BCUT2D eigenvalue weighted by atomic mass is 9.76. The first-order valence-electron chi connectivity index (χ1n) is 5.55. The lowest BCUT2D eigenvalue weighted by Crippen LogP contribution is -2.34. The van der Waals surface area contributed by atoms with E-state index in [1.165, 1.54) is 5.75 Å². The molecule has 0 heterocycles. The molecule has 0 amide bonds. The Balaban J connectivity index is 2.50. The lowest BCUT2D eigenvalue weighted by Gasteiger charge is -2.37. The van der Waals surface area contributed by atoms with Crippen molar-refractivity contribution in [3.63, 3.8) is 0 Å². The SMILES string of the molecule is CC(C)CSC1CC(=O)CCC1(C)C. The summed E-state index contributed by atoms with van der Waals surface area (Å²) in [7, 11) is 0. The molecule has 1 aliphatic carbocycles. The number of hydrogen-bond donors (Lipinski definition) is 0. The van der Waals surface area contributed by atoms with Gasteiger partial charge in [0, 0.05) is 18.1 Å². The largest absolute Gasteiger partial charge is 0.300 e. The Bertz CT molecular complexity index is 208. The Kier molecular flexibility index (Phi) is 4.05. The second kappa shape index (κ2) is 4.69. The van der Waals surface area contributed by atoms with Gasteiger partial charge >= 0.3 is 0 Å². The molecular formula is C12H22OS. The number of ketones is 1. The molecule has 1 fully saturated rings. The fourth-order valence-electron chi connectivity index (χ4n) is 1.80. The predicted octanol–water partition coefficient (Wildman–Crippen LogP) is 3.52. The van der Waals surface area contributed by atoms with Crippen molar-refractivity contribution < 1.29 is 4.79 Å². The summed E-state index contributed by atoms with van der Waals surface area (Å²) < 4.78 is 0. The molecule has 0 radical (unpaired) electrons. The van der Waals surface area contributed by atoms with Crippen molar-refractivity contribution in [2.24, 2.45) is 11.3 Å². The molecule has 14 heavy (non-hydrogen) atoms. The van der Waals surface area contributed by atoms with Gasteiger partial charge in [0.2, 0.25) is 0 Å². The number of hydrogen-bond acceptors (Lipinski definition) is 2. The normalized spacial score (nSPS) is 26.9. The van der Waals surface area contributed by atoms with Gasteiger partial charge in [0.15, 0.2) is 0 Å². The van der Waals surface area contributed by atoms with Crippen LogP contribution in [0.3, 0.4) is 0 Å². The van der Waals surface area contributed by atoms with E-state index in [0.717, 1.165) is 25.2 Å². The summed E-state index contributed by atoms with van der Waals surface area (Å²) in [6.45, 7) is 9.09. The van der Waals surface area contributed by atoms with Crippen LogP contribution >= 0.6 is 11.8 Å². The average Bonchev–Trinajstić information content (AvgIpc) is 2.07. The molecule has 1 aliphatic rings. The molecule has 1 nitrogen and oxygen atoms in total. The first kappa shape index (κ1) is 12.1. The quantitative estimate of drug-likeness (QED) is 0.715. The van der Waals surface area contributed by atoms with E-state index in [9.17, 15) is 4.79 Å². The van der Waals surface area contributed by atoms with E-state index in [-0.39, 0.29) is 0 Å². The van der Waals surface area contributed by atoms with Crippen LogP contribution in [0.25, 0.3) is 0 Å². The van der Waals surface area contributed by atoms with Crippen LogP contribution in [0.5, 0.6) is 0 Å². The van der Waals surface area contributed by atoms with E-state index in [1.54, 1.807) is 0 Å². The fraction of sp³-hybridized carbons (Fsp3) is 0.917. The molecule has 1 rings (SSSR count). The van der Waals surface area contributed by atoms with E-state index in [2.05, 4.69) is 27.7 Å². The average molecular weight is 214 g/mol. The van der Waals surface area contributed by atoms with Crippen LogP contribution < -0.4 is 0 Å². The Morgan fingerprint density at radius 1 is 1.50 bits per heavy atom. The number of carbonyl (C=O) groups is 1. The molecule has 82 valence electrons. The zero-order valence-electron chi connectivity index (χ0n) is 9.80. The first-order chi connectivity index (χ1) is 6.42. The number of carbonyl (C=O) groups excluding carboxylic acids is 1. The van der Waals surface area contributed by atoms with E-state index in [1.807, 2.05) is 11.8 Å². The highest BCUT2D eigenvalue weighted by Crippen LogP contribution is 2.41. The molecule has 0 aromatic heterocycles. The summed E-state index contributed by atoms with van der Waals surface area (Å²) in [6, 6.07) is 0. The van der Waals surface area contributed by atoms with E-state index < -0.39 is 0 Å². The van der Waals surface area contributed by atoms with Crippen LogP contribution in [0.1, 0.15) is 47.0 Å². The monoisotopic (exact) mass is 214 g/mol. The molecule has 0 spiro atoms. The molecule has 1 atom stereocenters. The number of Topliss-reactive ketones (excluding diaryl/α,β-unsaturated/α-hetero) is 1. The van der Waals surface area contributed by atoms with Gasteiger partial charge in [0.05, 0.1) is 0 Å². The summed E-state index contributed by atoms with van der Waals surface area (Å²) in [5.41, 5.74) is 0.355. The maximum atomic E-state index is 11.4. The molecule has 1 unspecified atom stereocenters. The summed E-state index contributed by atoms with van der Waals surface area (Å²) in [6.07, 6.45) is 2.66. The summed E-state index contributed by atoms with van der Waals surface area (Å²) >= 11 is 2.00. The molecular weight excluding hydrogens is 192 g/mol. The zero-order chi connectivity index (χ0) is 10.8. The van der Waals surface area contributed by atoms with Crippen molar-refractivity contribution in [2.75, 3.05) is 5.75 Å². The third-order valence-electron chi connectivity index (χ3n) is 2.96. The van der Waals surface area contributed by atoms with Crippen molar-refractivity contribution in [1.82, 2.24) is 0 Å². The van der Waals surface area contributed by atoms with Crippen molar-refractivity contribution >= 4 is 17.5 Å². The van der Waals surface area contributed by atoms with Gasteiger partial charge in [0.1, 0.15) is 5.78 Å². The molecule has 0 bridgehead atoms. The van der Waals surface area contributed by atoms with Crippen LogP contribution in [0, 0.1) is 11.3 Å². The summed E-state index contributed by atoms with van der Waals surface area (Å²) in [4.78, 5) is 11.4. The third kappa shape index (κ3) is 3.30. The standard InChI is InChI=1S/C12H22OS/c1-9(2)8-14-11-7-10(13)5-6-12(11,3)4/h9,11H,5-8H2,1-4H3. The van der Waals surface area contributed by atoms with Gasteiger partial charge in [-0.15, -0.1) is 0 Å². The summed E-state index contributed by atoms with van der Waals surface area (Å²) in [5, 5.41) is 0.547. The minimum Gasteiger partial charge on any atom is -0.300 e. The van der Waals surface area contributed by atoms with Crippen LogP contribution in [-0.2, 0) is 4.79 Å². The van der Waals surface area contributed by atoms with Gasteiger partial charge in [0.25, 0.3) is 0 Å². The first-order valence-corrected chi connectivity index (χ1v) is 6.60. The predicted molar refractivity (Wildman–Crippen MR) is 63.7 cm³/mol. The van der Waals surface area contributed by atoms with Crippen molar-refractivity contribution in [3.8, 4) is 0 Å². The van der Waals surface area contributed by atoms with E-state index >= 15 is 0 Å². The zero-order valence-corrected chi connectivity index (χ0v) is 10.6. The molecule has 0 aromatic rings. The minimum atomic E-state index is 0.355. The molecule has 0 N–H and O–H groups in total. The highest BCUT2D eigenvalue weighted by Gasteiger charge is 2.35. The molecule has 2 heteroatoms. The lowest BCUT2D eigenvalue weighted by molar-refractivity contribution is -0.121. The van der Waals surface area contributed by atoms with Crippen molar-refractivity contribution in [1.29, 1.82) is 0 Å². The molecule has 0 aromatic carbocycles. The van der Waals surface area contributed by atoms with Crippen molar-refractivity contribution in [3.05, 3.63) is 0 Å². The fourth-order valence-corrected chi connectivity index (χ4v) is 3.29. The van der Waals surface area contributed by atoms with Crippen LogP contribution in [0.15, 0.2) is 0 Å². The minimum absolute atomic E-state index is 0.355. The topological polar surface area (TPSA) is 17.1 Å². The van der Waals surface area contributed by atoms with E-state index in [0.29, 0.717) is 16.4 Å². The number of thioether (sulfide) groups is 1. The Hall–Kier alpha value is 0.0200. The Morgan fingerprint density at radius 3 is 2.71 bits per heavy atom. The van der Waals surface area contributed by atoms with Crippen LogP contribution in [0.4, 0.5) is 0 Å². The number of rotatable bonds is 3. The Morgan fingerprint density at radius 2 is 2.14 bits per heavy atom.